The highest BCUT2D eigenvalue weighted by Gasteiger charge is 2.32. The smallest absolute Gasteiger partial charge is 0.0402 e. The number of benzene rings is 1. The van der Waals surface area contributed by atoms with Gasteiger partial charge in [-0.05, 0) is 50.4 Å². The van der Waals surface area contributed by atoms with Gasteiger partial charge in [0.2, 0.25) is 0 Å². The molecule has 2 heteroatoms. The second-order valence-electron chi connectivity index (χ2n) is 5.50. The Morgan fingerprint density at radius 1 is 1.29 bits per heavy atom. The summed E-state index contributed by atoms with van der Waals surface area (Å²) >= 11 is 0. The molecule has 1 aromatic rings. The highest BCUT2D eigenvalue weighted by molar-refractivity contribution is 5.60. The van der Waals surface area contributed by atoms with E-state index in [1.165, 1.54) is 38.0 Å². The van der Waals surface area contributed by atoms with Gasteiger partial charge in [-0.2, -0.15) is 0 Å². The molecule has 0 radical (unpaired) electrons. The molecule has 0 amide bonds. The number of nitrogens with zero attached hydrogens (tertiary/aromatic N) is 1. The quantitative estimate of drug-likeness (QED) is 0.836. The van der Waals surface area contributed by atoms with Crippen molar-refractivity contribution in [3.63, 3.8) is 0 Å². The van der Waals surface area contributed by atoms with Crippen molar-refractivity contribution < 1.29 is 0 Å². The van der Waals surface area contributed by atoms with Crippen molar-refractivity contribution in [2.45, 2.75) is 25.2 Å². The third-order valence-corrected chi connectivity index (χ3v) is 4.08. The zero-order valence-electron chi connectivity index (χ0n) is 10.7. The first-order chi connectivity index (χ1) is 8.38. The van der Waals surface area contributed by atoms with E-state index in [0.29, 0.717) is 0 Å². The van der Waals surface area contributed by atoms with Gasteiger partial charge in [-0.1, -0.05) is 18.2 Å². The van der Waals surface area contributed by atoms with Crippen LogP contribution >= 0.6 is 0 Å². The molecule has 1 heterocycles. The van der Waals surface area contributed by atoms with Gasteiger partial charge in [0, 0.05) is 24.7 Å². The number of fused-ring (bicyclic) bond motifs is 1. The Hall–Kier alpha value is -1.02. The zero-order valence-corrected chi connectivity index (χ0v) is 10.7. The van der Waals surface area contributed by atoms with Crippen LogP contribution in [-0.2, 0) is 0 Å². The maximum Gasteiger partial charge on any atom is 0.0402 e. The van der Waals surface area contributed by atoms with Crippen molar-refractivity contribution >= 4 is 5.69 Å². The van der Waals surface area contributed by atoms with E-state index in [-0.39, 0.29) is 0 Å². The lowest BCUT2D eigenvalue weighted by atomic mass is 9.98. The number of hydrogen-bond acceptors (Lipinski definition) is 2. The fourth-order valence-electron chi connectivity index (χ4n) is 2.93. The van der Waals surface area contributed by atoms with Crippen LogP contribution in [0.4, 0.5) is 5.69 Å². The van der Waals surface area contributed by atoms with Crippen LogP contribution in [0.25, 0.3) is 0 Å². The maximum absolute atomic E-state index is 3.27. The topological polar surface area (TPSA) is 15.3 Å². The van der Waals surface area contributed by atoms with Crippen LogP contribution in [-0.4, -0.2) is 26.7 Å². The fraction of sp³-hybridized carbons (Fsp3) is 0.600. The molecular formula is C15H22N2. The summed E-state index contributed by atoms with van der Waals surface area (Å²) in [4.78, 5) is 2.62. The zero-order chi connectivity index (χ0) is 11.7. The molecule has 0 spiro atoms. The van der Waals surface area contributed by atoms with Gasteiger partial charge in [-0.3, -0.25) is 0 Å². The summed E-state index contributed by atoms with van der Waals surface area (Å²) in [6, 6.07) is 8.99. The van der Waals surface area contributed by atoms with E-state index in [2.05, 4.69) is 34.5 Å². The standard InChI is InChI=1S/C15H22N2/c1-16-9-8-13-11-17(10-12-6-7-12)15-5-3-2-4-14(13)15/h2-5,12-13,16H,6-11H2,1H3. The molecule has 0 aromatic heterocycles. The Morgan fingerprint density at radius 3 is 2.88 bits per heavy atom. The largest absolute Gasteiger partial charge is 0.370 e. The number of nitrogens with one attached hydrogen (secondary N) is 1. The summed E-state index contributed by atoms with van der Waals surface area (Å²) in [6.07, 6.45) is 4.15. The number of para-hydroxylation sites is 1. The minimum Gasteiger partial charge on any atom is -0.370 e. The van der Waals surface area contributed by atoms with Crippen molar-refractivity contribution in [1.82, 2.24) is 5.32 Å². The predicted molar refractivity (Wildman–Crippen MR) is 72.7 cm³/mol. The van der Waals surface area contributed by atoms with E-state index in [1.807, 2.05) is 7.05 Å². The van der Waals surface area contributed by atoms with Crippen LogP contribution in [0.1, 0.15) is 30.7 Å². The average Bonchev–Trinajstić information content (AvgIpc) is 3.10. The molecule has 2 aliphatic rings. The Labute approximate surface area is 104 Å². The van der Waals surface area contributed by atoms with Crippen LogP contribution < -0.4 is 10.2 Å². The number of hydrogen-bond donors (Lipinski definition) is 1. The first-order valence-corrected chi connectivity index (χ1v) is 6.87. The summed E-state index contributed by atoms with van der Waals surface area (Å²) in [7, 11) is 2.04. The Bertz CT molecular complexity index is 384. The van der Waals surface area contributed by atoms with Crippen LogP contribution in [0.2, 0.25) is 0 Å². The molecule has 17 heavy (non-hydrogen) atoms. The lowest BCUT2D eigenvalue weighted by Crippen LogP contribution is -2.25. The van der Waals surface area contributed by atoms with Gasteiger partial charge >= 0.3 is 0 Å². The minimum atomic E-state index is 0.734. The molecule has 2 nitrogen and oxygen atoms in total. The van der Waals surface area contributed by atoms with E-state index in [4.69, 9.17) is 0 Å². The fourth-order valence-corrected chi connectivity index (χ4v) is 2.93. The predicted octanol–water partition coefficient (Wildman–Crippen LogP) is 2.61. The van der Waals surface area contributed by atoms with Crippen molar-refractivity contribution in [3.8, 4) is 0 Å². The summed E-state index contributed by atoms with van der Waals surface area (Å²) in [5, 5.41) is 3.27. The monoisotopic (exact) mass is 230 g/mol. The van der Waals surface area contributed by atoms with Crippen molar-refractivity contribution in [2.75, 3.05) is 31.6 Å². The highest BCUT2D eigenvalue weighted by Crippen LogP contribution is 2.40. The van der Waals surface area contributed by atoms with Crippen molar-refractivity contribution in [2.24, 2.45) is 5.92 Å². The lowest BCUT2D eigenvalue weighted by molar-refractivity contribution is 0.600. The summed E-state index contributed by atoms with van der Waals surface area (Å²) in [6.45, 7) is 3.64. The molecule has 1 atom stereocenters. The molecule has 1 unspecified atom stereocenters. The second-order valence-corrected chi connectivity index (χ2v) is 5.50. The van der Waals surface area contributed by atoms with Crippen LogP contribution in [0.3, 0.4) is 0 Å². The van der Waals surface area contributed by atoms with Crippen molar-refractivity contribution in [3.05, 3.63) is 29.8 Å². The molecule has 1 aliphatic carbocycles. The van der Waals surface area contributed by atoms with Gasteiger partial charge in [0.15, 0.2) is 0 Å². The second kappa shape index (κ2) is 4.69. The van der Waals surface area contributed by atoms with E-state index in [0.717, 1.165) is 18.4 Å². The van der Waals surface area contributed by atoms with Gasteiger partial charge in [0.05, 0.1) is 0 Å². The lowest BCUT2D eigenvalue weighted by Gasteiger charge is -2.19. The van der Waals surface area contributed by atoms with Gasteiger partial charge in [-0.25, -0.2) is 0 Å². The van der Waals surface area contributed by atoms with Gasteiger partial charge in [0.25, 0.3) is 0 Å². The third kappa shape index (κ3) is 2.32. The van der Waals surface area contributed by atoms with E-state index < -0.39 is 0 Å². The maximum atomic E-state index is 3.27. The molecule has 92 valence electrons. The molecule has 0 bridgehead atoms. The first-order valence-electron chi connectivity index (χ1n) is 6.87. The van der Waals surface area contributed by atoms with E-state index in [1.54, 1.807) is 5.56 Å². The number of anilines is 1. The normalized spacial score (nSPS) is 22.9. The number of rotatable bonds is 5. The highest BCUT2D eigenvalue weighted by atomic mass is 15.2. The van der Waals surface area contributed by atoms with Crippen LogP contribution in [0.15, 0.2) is 24.3 Å². The molecule has 0 saturated heterocycles. The van der Waals surface area contributed by atoms with Gasteiger partial charge < -0.3 is 10.2 Å². The molecule has 1 aliphatic heterocycles. The molecule has 3 rings (SSSR count). The van der Waals surface area contributed by atoms with Crippen LogP contribution in [0, 0.1) is 5.92 Å². The summed E-state index contributed by atoms with van der Waals surface area (Å²) in [5.74, 6) is 1.71. The molecule has 1 fully saturated rings. The van der Waals surface area contributed by atoms with E-state index >= 15 is 0 Å². The summed E-state index contributed by atoms with van der Waals surface area (Å²) < 4.78 is 0. The van der Waals surface area contributed by atoms with Crippen molar-refractivity contribution in [1.29, 1.82) is 0 Å². The molecule has 1 N–H and O–H groups in total. The Balaban J connectivity index is 1.76. The molecule has 1 aromatic carbocycles. The minimum absolute atomic E-state index is 0.734. The van der Waals surface area contributed by atoms with Gasteiger partial charge in [0.1, 0.15) is 0 Å². The van der Waals surface area contributed by atoms with Crippen LogP contribution in [0.5, 0.6) is 0 Å². The average molecular weight is 230 g/mol. The SMILES string of the molecule is CNCCC1CN(CC2CC2)c2ccccc21. The Morgan fingerprint density at radius 2 is 2.12 bits per heavy atom. The third-order valence-electron chi connectivity index (χ3n) is 4.08. The summed E-state index contributed by atoms with van der Waals surface area (Å²) in [5.41, 5.74) is 3.07. The molecule has 1 saturated carbocycles. The van der Waals surface area contributed by atoms with E-state index in [9.17, 15) is 0 Å². The van der Waals surface area contributed by atoms with Gasteiger partial charge in [-0.15, -0.1) is 0 Å². The molecular weight excluding hydrogens is 208 g/mol. The first kappa shape index (κ1) is 11.1. The Kier molecular flexibility index (Phi) is 3.06.